The minimum absolute atomic E-state index is 0.0491. The van der Waals surface area contributed by atoms with Crippen LogP contribution in [0.2, 0.25) is 0 Å². The number of carbonyl (C=O) groups excluding carboxylic acids is 1. The molecule has 0 aromatic heterocycles. The lowest BCUT2D eigenvalue weighted by Gasteiger charge is -2.24. The molecule has 4 unspecified atom stereocenters. The smallest absolute Gasteiger partial charge is 0.393 e. The predicted molar refractivity (Wildman–Crippen MR) is 246 cm³/mol. The van der Waals surface area contributed by atoms with Crippen LogP contribution in [-0.4, -0.2) is 59.0 Å². The van der Waals surface area contributed by atoms with Gasteiger partial charge in [-0.1, -0.05) is 212 Å². The number of nitrogens with two attached hydrogens (primary N) is 1. The standard InChI is InChI=1S/C48H95N2O7P/c1-3-5-7-9-11-13-15-17-19-21-23-25-27-29-31-33-35-37-39-45(51)43-48(53)50-46(44-57-58(54,55)56-42-41-49)47(52)40-38-36-34-32-30-28-26-24-22-20-18-16-14-12-10-8-6-4-2/h23,25,38,40,45-47,51-52H,3-22,24,26-37,39,41-44,49H2,1-2H3,(H,50,53)(H,54,55)/b25-23-,40-38+. The van der Waals surface area contributed by atoms with Gasteiger partial charge in [0.1, 0.15) is 0 Å². The molecule has 0 fully saturated rings. The molecule has 0 rings (SSSR count). The van der Waals surface area contributed by atoms with Crippen molar-refractivity contribution in [1.29, 1.82) is 0 Å². The zero-order valence-electron chi connectivity index (χ0n) is 37.9. The topological polar surface area (TPSA) is 151 Å². The molecule has 1 amide bonds. The van der Waals surface area contributed by atoms with Gasteiger partial charge >= 0.3 is 7.82 Å². The summed E-state index contributed by atoms with van der Waals surface area (Å²) in [7, 11) is -4.40. The Morgan fingerprint density at radius 3 is 1.38 bits per heavy atom. The lowest BCUT2D eigenvalue weighted by molar-refractivity contribution is -0.124. The molecule has 0 aliphatic heterocycles. The van der Waals surface area contributed by atoms with Gasteiger partial charge in [-0.25, -0.2) is 4.57 Å². The molecule has 0 aliphatic carbocycles. The number of aliphatic hydroxyl groups is 2. The fraction of sp³-hybridized carbons (Fsp3) is 0.896. The van der Waals surface area contributed by atoms with Crippen molar-refractivity contribution in [3.05, 3.63) is 24.3 Å². The van der Waals surface area contributed by atoms with Crippen molar-refractivity contribution in [2.45, 2.75) is 257 Å². The van der Waals surface area contributed by atoms with Gasteiger partial charge in [-0.05, 0) is 44.9 Å². The average molecular weight is 843 g/mol. The van der Waals surface area contributed by atoms with Crippen LogP contribution in [0.4, 0.5) is 0 Å². The SMILES string of the molecule is CCCCCCCCCCC/C=C\CCCCCCCC(O)CC(=O)NC(COP(=O)(O)OCCN)C(O)/C=C/CCCCCCCCCCCCCCCCCC. The molecule has 0 aromatic carbocycles. The molecule has 344 valence electrons. The van der Waals surface area contributed by atoms with Crippen molar-refractivity contribution < 1.29 is 33.5 Å². The maximum absolute atomic E-state index is 12.9. The number of rotatable bonds is 46. The van der Waals surface area contributed by atoms with Crippen LogP contribution in [0, 0.1) is 0 Å². The van der Waals surface area contributed by atoms with Gasteiger partial charge < -0.3 is 26.2 Å². The lowest BCUT2D eigenvalue weighted by atomic mass is 10.0. The van der Waals surface area contributed by atoms with E-state index < -0.39 is 38.6 Å². The van der Waals surface area contributed by atoms with E-state index in [9.17, 15) is 24.5 Å². The average Bonchev–Trinajstić information content (AvgIpc) is 3.20. The summed E-state index contributed by atoms with van der Waals surface area (Å²) < 4.78 is 22.1. The van der Waals surface area contributed by atoms with Crippen LogP contribution in [0.3, 0.4) is 0 Å². The van der Waals surface area contributed by atoms with E-state index in [1.165, 1.54) is 161 Å². The fourth-order valence-corrected chi connectivity index (χ4v) is 8.11. The third-order valence-corrected chi connectivity index (χ3v) is 12.1. The molecule has 58 heavy (non-hydrogen) atoms. The molecule has 9 nitrogen and oxygen atoms in total. The normalized spacial score (nSPS) is 14.7. The van der Waals surface area contributed by atoms with E-state index in [-0.39, 0.29) is 19.6 Å². The van der Waals surface area contributed by atoms with Gasteiger partial charge in [-0.15, -0.1) is 0 Å². The molecule has 4 atom stereocenters. The van der Waals surface area contributed by atoms with Gasteiger partial charge in [0.05, 0.1) is 37.9 Å². The number of hydrogen-bond acceptors (Lipinski definition) is 7. The van der Waals surface area contributed by atoms with E-state index in [1.54, 1.807) is 6.08 Å². The molecule has 0 spiro atoms. The number of unbranched alkanes of at least 4 members (excludes halogenated alkanes) is 30. The second-order valence-corrected chi connectivity index (χ2v) is 18.3. The molecule has 10 heteroatoms. The maximum atomic E-state index is 12.9. The summed E-state index contributed by atoms with van der Waals surface area (Å²) in [6.45, 7) is 4.00. The summed E-state index contributed by atoms with van der Waals surface area (Å²) >= 11 is 0. The first-order valence-electron chi connectivity index (χ1n) is 24.5. The predicted octanol–water partition coefficient (Wildman–Crippen LogP) is 13.1. The summed E-state index contributed by atoms with van der Waals surface area (Å²) in [6, 6.07) is -0.983. The highest BCUT2D eigenvalue weighted by Crippen LogP contribution is 2.43. The third kappa shape index (κ3) is 41.7. The first-order valence-corrected chi connectivity index (χ1v) is 26.0. The molecule has 0 aromatic rings. The second-order valence-electron chi connectivity index (χ2n) is 16.9. The quantitative estimate of drug-likeness (QED) is 0.0231. The van der Waals surface area contributed by atoms with E-state index in [0.29, 0.717) is 6.42 Å². The van der Waals surface area contributed by atoms with Gasteiger partial charge in [-0.2, -0.15) is 0 Å². The van der Waals surface area contributed by atoms with Crippen LogP contribution >= 0.6 is 7.82 Å². The Balaban J connectivity index is 4.24. The number of phosphoric ester groups is 1. The molecular formula is C48H95N2O7P. The fourth-order valence-electron chi connectivity index (χ4n) is 7.35. The van der Waals surface area contributed by atoms with Crippen molar-refractivity contribution in [3.63, 3.8) is 0 Å². The molecule has 0 heterocycles. The molecule has 0 aliphatic rings. The molecule has 6 N–H and O–H groups in total. The first kappa shape index (κ1) is 56.9. The Hall–Kier alpha value is -1.06. The summed E-state index contributed by atoms with van der Waals surface area (Å²) in [5, 5.41) is 24.1. The van der Waals surface area contributed by atoms with E-state index in [4.69, 9.17) is 14.8 Å². The summed E-state index contributed by atoms with van der Waals surface area (Å²) in [4.78, 5) is 22.8. The Kier molecular flexibility index (Phi) is 43.2. The van der Waals surface area contributed by atoms with Crippen LogP contribution in [0.5, 0.6) is 0 Å². The van der Waals surface area contributed by atoms with Crippen molar-refractivity contribution in [3.8, 4) is 0 Å². The largest absolute Gasteiger partial charge is 0.472 e. The van der Waals surface area contributed by atoms with Crippen molar-refractivity contribution in [2.24, 2.45) is 5.73 Å². The van der Waals surface area contributed by atoms with Crippen molar-refractivity contribution >= 4 is 13.7 Å². The van der Waals surface area contributed by atoms with Crippen LogP contribution in [0.25, 0.3) is 0 Å². The number of hydrogen-bond donors (Lipinski definition) is 5. The maximum Gasteiger partial charge on any atom is 0.472 e. The second kappa shape index (κ2) is 44.0. The molecular weight excluding hydrogens is 748 g/mol. The highest BCUT2D eigenvalue weighted by Gasteiger charge is 2.27. The van der Waals surface area contributed by atoms with Gasteiger partial charge in [0.2, 0.25) is 5.91 Å². The van der Waals surface area contributed by atoms with Gasteiger partial charge in [0.15, 0.2) is 0 Å². The van der Waals surface area contributed by atoms with Crippen molar-refractivity contribution in [1.82, 2.24) is 5.32 Å². The summed E-state index contributed by atoms with van der Waals surface area (Å²) in [5.41, 5.74) is 5.38. The van der Waals surface area contributed by atoms with E-state index in [2.05, 4.69) is 31.3 Å². The molecule has 0 radical (unpaired) electrons. The summed E-state index contributed by atoms with van der Waals surface area (Å²) in [5.74, 6) is -0.448. The third-order valence-electron chi connectivity index (χ3n) is 11.1. The first-order chi connectivity index (χ1) is 28.3. The number of aliphatic hydroxyl groups excluding tert-OH is 2. The highest BCUT2D eigenvalue weighted by molar-refractivity contribution is 7.47. The Morgan fingerprint density at radius 1 is 0.586 bits per heavy atom. The molecule has 0 saturated carbocycles. The lowest BCUT2D eigenvalue weighted by Crippen LogP contribution is -2.46. The zero-order valence-corrected chi connectivity index (χ0v) is 38.8. The Bertz CT molecular complexity index is 982. The monoisotopic (exact) mass is 843 g/mol. The van der Waals surface area contributed by atoms with Crippen LogP contribution in [-0.2, 0) is 18.4 Å². The minimum atomic E-state index is -4.40. The highest BCUT2D eigenvalue weighted by atomic mass is 31.2. The van der Waals surface area contributed by atoms with Crippen LogP contribution < -0.4 is 11.1 Å². The summed E-state index contributed by atoms with van der Waals surface area (Å²) in [6.07, 6.45) is 48.3. The van der Waals surface area contributed by atoms with Gasteiger partial charge in [0.25, 0.3) is 0 Å². The van der Waals surface area contributed by atoms with Crippen LogP contribution in [0.1, 0.15) is 239 Å². The Morgan fingerprint density at radius 2 is 0.966 bits per heavy atom. The van der Waals surface area contributed by atoms with Crippen molar-refractivity contribution in [2.75, 3.05) is 19.8 Å². The van der Waals surface area contributed by atoms with E-state index in [0.717, 1.165) is 51.4 Å². The van der Waals surface area contributed by atoms with Gasteiger partial charge in [0, 0.05) is 6.54 Å². The van der Waals surface area contributed by atoms with E-state index >= 15 is 0 Å². The van der Waals surface area contributed by atoms with Gasteiger partial charge in [-0.3, -0.25) is 13.8 Å². The number of allylic oxidation sites excluding steroid dienone is 3. The number of carbonyl (C=O) groups is 1. The number of nitrogens with one attached hydrogen (secondary N) is 1. The molecule has 0 saturated heterocycles. The van der Waals surface area contributed by atoms with E-state index in [1.807, 2.05) is 6.08 Å². The number of amides is 1. The Labute approximate surface area is 358 Å². The zero-order chi connectivity index (χ0) is 42.6. The van der Waals surface area contributed by atoms with Crippen LogP contribution in [0.15, 0.2) is 24.3 Å². The minimum Gasteiger partial charge on any atom is -0.393 e. The molecule has 0 bridgehead atoms. The number of phosphoric acid groups is 1.